The lowest BCUT2D eigenvalue weighted by Gasteiger charge is -1.80. The molecule has 1 rings (SSSR count). The number of amides is 1. The first-order valence-electron chi connectivity index (χ1n) is 1.56. The van der Waals surface area contributed by atoms with Gasteiger partial charge in [-0.15, -0.1) is 0 Å². The lowest BCUT2D eigenvalue weighted by Crippen LogP contribution is -2.19. The van der Waals surface area contributed by atoms with E-state index in [2.05, 4.69) is 10.9 Å². The number of nitrogens with one attached hydrogen (secondary N) is 1. The fourth-order valence-corrected chi connectivity index (χ4v) is 0.243. The van der Waals surface area contributed by atoms with E-state index in [0.717, 1.165) is 0 Å². The smallest absolute Gasteiger partial charge is 0.265 e. The molecule has 1 aliphatic heterocycles. The summed E-state index contributed by atoms with van der Waals surface area (Å²) in [6, 6.07) is 0. The zero-order valence-electron chi connectivity index (χ0n) is 3.01. The lowest BCUT2D eigenvalue weighted by atomic mass is 10.6. The summed E-state index contributed by atoms with van der Waals surface area (Å²) in [4.78, 5) is 9.95. The van der Waals surface area contributed by atoms with Gasteiger partial charge >= 0.3 is 0 Å². The van der Waals surface area contributed by atoms with Crippen molar-refractivity contribution in [3.63, 3.8) is 0 Å². The second kappa shape index (κ2) is 1.01. The SMILES string of the molecule is O=C1C=C[N]N1. The van der Waals surface area contributed by atoms with Crippen molar-refractivity contribution >= 4 is 5.91 Å². The van der Waals surface area contributed by atoms with Crippen molar-refractivity contribution in [2.24, 2.45) is 0 Å². The van der Waals surface area contributed by atoms with Crippen molar-refractivity contribution in [2.45, 2.75) is 0 Å². The highest BCUT2D eigenvalue weighted by molar-refractivity contribution is 5.88. The minimum Gasteiger partial charge on any atom is -0.268 e. The fraction of sp³-hybridized carbons (Fsp3) is 0. The fourth-order valence-electron chi connectivity index (χ4n) is 0.243. The maximum absolute atomic E-state index is 9.95. The van der Waals surface area contributed by atoms with Crippen LogP contribution in [0.1, 0.15) is 0 Å². The van der Waals surface area contributed by atoms with Gasteiger partial charge in [0.15, 0.2) is 0 Å². The molecule has 3 heteroatoms. The highest BCUT2D eigenvalue weighted by atomic mass is 16.2. The van der Waals surface area contributed by atoms with Gasteiger partial charge in [0.05, 0.1) is 6.20 Å². The van der Waals surface area contributed by atoms with Gasteiger partial charge in [0.2, 0.25) is 0 Å². The summed E-state index contributed by atoms with van der Waals surface area (Å²) >= 11 is 0. The molecule has 0 aromatic heterocycles. The van der Waals surface area contributed by atoms with Crippen molar-refractivity contribution in [3.8, 4) is 0 Å². The number of hydrogen-bond acceptors (Lipinski definition) is 1. The third-order valence-electron chi connectivity index (χ3n) is 0.475. The number of hydrogen-bond donors (Lipinski definition) is 1. The molecule has 0 saturated heterocycles. The number of nitrogens with zero attached hydrogens (tertiary/aromatic N) is 1. The molecule has 1 radical (unpaired) electrons. The van der Waals surface area contributed by atoms with Crippen molar-refractivity contribution in [1.82, 2.24) is 10.9 Å². The Hall–Kier alpha value is -0.990. The minimum atomic E-state index is -0.144. The zero-order valence-corrected chi connectivity index (χ0v) is 3.01. The monoisotopic (exact) mass is 83.0 g/mol. The molecule has 1 amide bonds. The first-order valence-corrected chi connectivity index (χ1v) is 1.56. The Morgan fingerprint density at radius 1 is 1.83 bits per heavy atom. The van der Waals surface area contributed by atoms with Gasteiger partial charge in [-0.25, -0.2) is 5.43 Å². The zero-order chi connectivity index (χ0) is 4.41. The molecule has 0 spiro atoms. The van der Waals surface area contributed by atoms with Crippen LogP contribution in [0.4, 0.5) is 0 Å². The molecule has 1 heterocycles. The van der Waals surface area contributed by atoms with E-state index in [9.17, 15) is 4.79 Å². The van der Waals surface area contributed by atoms with Crippen molar-refractivity contribution in [1.29, 1.82) is 0 Å². The van der Waals surface area contributed by atoms with Gasteiger partial charge in [0.25, 0.3) is 5.91 Å². The first kappa shape index (κ1) is 3.21. The summed E-state index contributed by atoms with van der Waals surface area (Å²) in [6.45, 7) is 0. The standard InChI is InChI=1S/C3H3N2O/c6-3-1-2-4-5-3/h1-2H,(H,5,6). The van der Waals surface area contributed by atoms with Crippen LogP contribution in [-0.4, -0.2) is 5.91 Å². The van der Waals surface area contributed by atoms with E-state index in [-0.39, 0.29) is 5.91 Å². The van der Waals surface area contributed by atoms with E-state index in [1.165, 1.54) is 12.3 Å². The highest BCUT2D eigenvalue weighted by Gasteiger charge is 1.96. The summed E-state index contributed by atoms with van der Waals surface area (Å²) in [5.74, 6) is -0.144. The molecular formula is C3H3N2O. The van der Waals surface area contributed by atoms with Crippen LogP contribution in [0.3, 0.4) is 0 Å². The normalized spacial score (nSPS) is 17.0. The molecule has 1 N–H and O–H groups in total. The van der Waals surface area contributed by atoms with Crippen LogP contribution in [0.2, 0.25) is 0 Å². The van der Waals surface area contributed by atoms with E-state index in [0.29, 0.717) is 0 Å². The molecule has 0 bridgehead atoms. The number of rotatable bonds is 0. The van der Waals surface area contributed by atoms with E-state index in [1.54, 1.807) is 0 Å². The molecule has 1 aliphatic rings. The van der Waals surface area contributed by atoms with Crippen LogP contribution in [0.15, 0.2) is 12.3 Å². The maximum Gasteiger partial charge on any atom is 0.265 e. The second-order valence-electron chi connectivity index (χ2n) is 0.921. The van der Waals surface area contributed by atoms with Gasteiger partial charge in [-0.3, -0.25) is 4.79 Å². The van der Waals surface area contributed by atoms with Crippen LogP contribution in [0, 0.1) is 0 Å². The van der Waals surface area contributed by atoms with Gasteiger partial charge in [-0.05, 0) is 0 Å². The largest absolute Gasteiger partial charge is 0.268 e. The molecule has 3 nitrogen and oxygen atoms in total. The Balaban J connectivity index is 2.59. The third kappa shape index (κ3) is 0.337. The van der Waals surface area contributed by atoms with Crippen molar-refractivity contribution < 1.29 is 4.79 Å². The summed E-state index contributed by atoms with van der Waals surface area (Å²) in [5.41, 5.74) is 5.58. The van der Waals surface area contributed by atoms with E-state index >= 15 is 0 Å². The average Bonchev–Trinajstić information content (AvgIpc) is 1.86. The number of carbonyl (C=O) groups excluding carboxylic acids is 1. The molecule has 0 aromatic carbocycles. The molecular weight excluding hydrogens is 80.0 g/mol. The van der Waals surface area contributed by atoms with E-state index in [1.807, 2.05) is 0 Å². The Bertz CT molecular complexity index is 97.0. The predicted octanol–water partition coefficient (Wildman–Crippen LogP) is -0.851. The lowest BCUT2D eigenvalue weighted by molar-refractivity contribution is -0.116. The Kier molecular flexibility index (Phi) is 0.538. The summed E-state index contributed by atoms with van der Waals surface area (Å²) in [5, 5.41) is 0. The topological polar surface area (TPSA) is 43.2 Å². The molecule has 6 heavy (non-hydrogen) atoms. The van der Waals surface area contributed by atoms with Crippen LogP contribution in [-0.2, 0) is 4.79 Å². The van der Waals surface area contributed by atoms with Crippen LogP contribution in [0.5, 0.6) is 0 Å². The van der Waals surface area contributed by atoms with Gasteiger partial charge in [-0.1, -0.05) is 0 Å². The average molecular weight is 83.1 g/mol. The van der Waals surface area contributed by atoms with Gasteiger partial charge in [0.1, 0.15) is 0 Å². The molecule has 0 fully saturated rings. The van der Waals surface area contributed by atoms with Crippen LogP contribution < -0.4 is 10.9 Å². The molecule has 0 unspecified atom stereocenters. The van der Waals surface area contributed by atoms with Gasteiger partial charge < -0.3 is 0 Å². The summed E-state index contributed by atoms with van der Waals surface area (Å²) in [7, 11) is 0. The predicted molar refractivity (Wildman–Crippen MR) is 19.4 cm³/mol. The molecule has 0 saturated carbocycles. The summed E-state index contributed by atoms with van der Waals surface area (Å²) in [6.07, 6.45) is 2.78. The minimum absolute atomic E-state index is 0.144. The van der Waals surface area contributed by atoms with Gasteiger partial charge in [0, 0.05) is 6.08 Å². The van der Waals surface area contributed by atoms with Gasteiger partial charge in [-0.2, -0.15) is 5.43 Å². The highest BCUT2D eigenvalue weighted by Crippen LogP contribution is 1.74. The third-order valence-corrected chi connectivity index (χ3v) is 0.475. The summed E-state index contributed by atoms with van der Waals surface area (Å²) < 4.78 is 0. The first-order chi connectivity index (χ1) is 2.89. The molecule has 0 aliphatic carbocycles. The second-order valence-corrected chi connectivity index (χ2v) is 0.921. The van der Waals surface area contributed by atoms with Crippen LogP contribution >= 0.6 is 0 Å². The molecule has 31 valence electrons. The Morgan fingerprint density at radius 3 is 2.83 bits per heavy atom. The Labute approximate surface area is 35.0 Å². The van der Waals surface area contributed by atoms with Crippen molar-refractivity contribution in [2.75, 3.05) is 0 Å². The molecule has 0 aromatic rings. The number of carbonyl (C=O) groups is 1. The van der Waals surface area contributed by atoms with Crippen molar-refractivity contribution in [3.05, 3.63) is 12.3 Å². The van der Waals surface area contributed by atoms with E-state index < -0.39 is 0 Å². The quantitative estimate of drug-likeness (QED) is 0.407. The van der Waals surface area contributed by atoms with E-state index in [4.69, 9.17) is 0 Å². The molecule has 0 atom stereocenters. The van der Waals surface area contributed by atoms with Crippen LogP contribution in [0.25, 0.3) is 0 Å². The maximum atomic E-state index is 9.95. The Morgan fingerprint density at radius 2 is 2.67 bits per heavy atom.